The van der Waals surface area contributed by atoms with Crippen molar-refractivity contribution in [1.29, 1.82) is 5.26 Å². The number of nitrogens with zero attached hydrogens (tertiary/aromatic N) is 1. The van der Waals surface area contributed by atoms with Gasteiger partial charge in [0.15, 0.2) is 0 Å². The van der Waals surface area contributed by atoms with Crippen molar-refractivity contribution in [2.24, 2.45) is 0 Å². The van der Waals surface area contributed by atoms with Crippen LogP contribution in [0.5, 0.6) is 5.75 Å². The first-order valence-corrected chi connectivity index (χ1v) is 7.04. The average molecular weight is 345 g/mol. The number of para-hydroxylation sites is 1. The molecule has 2 aromatic carbocycles. The van der Waals surface area contributed by atoms with E-state index in [9.17, 15) is 10.1 Å². The van der Waals surface area contributed by atoms with Gasteiger partial charge in [-0.3, -0.25) is 4.79 Å². The first-order chi connectivity index (χ1) is 10.2. The SMILES string of the molecule is COc1ccccc1[C@@H](C#N)NC(=O)c1ccccc1Br. The zero-order valence-corrected chi connectivity index (χ0v) is 12.9. The van der Waals surface area contributed by atoms with E-state index in [1.165, 1.54) is 7.11 Å². The number of halogens is 1. The van der Waals surface area contributed by atoms with Crippen molar-refractivity contribution in [3.8, 4) is 11.8 Å². The minimum absolute atomic E-state index is 0.320. The summed E-state index contributed by atoms with van der Waals surface area (Å²) >= 11 is 3.32. The number of carbonyl (C=O) groups is 1. The van der Waals surface area contributed by atoms with Crippen molar-refractivity contribution in [3.63, 3.8) is 0 Å². The lowest BCUT2D eigenvalue weighted by Gasteiger charge is -2.15. The number of methoxy groups -OCH3 is 1. The highest BCUT2D eigenvalue weighted by atomic mass is 79.9. The summed E-state index contributed by atoms with van der Waals surface area (Å²) in [5.41, 5.74) is 1.11. The number of carbonyl (C=O) groups excluding carboxylic acids is 1. The van der Waals surface area contributed by atoms with Crippen LogP contribution in [0.1, 0.15) is 22.0 Å². The average Bonchev–Trinajstić information content (AvgIpc) is 2.52. The van der Waals surface area contributed by atoms with Gasteiger partial charge in [-0.05, 0) is 34.1 Å². The molecule has 4 nitrogen and oxygen atoms in total. The summed E-state index contributed by atoms with van der Waals surface area (Å²) in [6.07, 6.45) is 0. The topological polar surface area (TPSA) is 62.1 Å². The second kappa shape index (κ2) is 6.91. The minimum Gasteiger partial charge on any atom is -0.496 e. The summed E-state index contributed by atoms with van der Waals surface area (Å²) in [6, 6.07) is 15.5. The Morgan fingerprint density at radius 2 is 1.90 bits per heavy atom. The fourth-order valence-electron chi connectivity index (χ4n) is 1.94. The maximum atomic E-state index is 12.3. The Bertz CT molecular complexity index is 695. The van der Waals surface area contributed by atoms with Crippen molar-refractivity contribution in [3.05, 3.63) is 64.1 Å². The molecule has 0 heterocycles. The Labute approximate surface area is 131 Å². The highest BCUT2D eigenvalue weighted by molar-refractivity contribution is 9.10. The number of rotatable bonds is 4. The van der Waals surface area contributed by atoms with E-state index in [2.05, 4.69) is 27.3 Å². The van der Waals surface area contributed by atoms with E-state index in [4.69, 9.17) is 4.74 Å². The molecule has 0 aliphatic carbocycles. The largest absolute Gasteiger partial charge is 0.496 e. The Kier molecular flexibility index (Phi) is 4.96. The highest BCUT2D eigenvalue weighted by Crippen LogP contribution is 2.25. The van der Waals surface area contributed by atoms with E-state index in [0.717, 1.165) is 0 Å². The third-order valence-electron chi connectivity index (χ3n) is 2.97. The van der Waals surface area contributed by atoms with Gasteiger partial charge in [0, 0.05) is 10.0 Å². The van der Waals surface area contributed by atoms with Crippen LogP contribution in [0.3, 0.4) is 0 Å². The lowest BCUT2D eigenvalue weighted by molar-refractivity contribution is 0.0944. The maximum Gasteiger partial charge on any atom is 0.253 e. The van der Waals surface area contributed by atoms with Gasteiger partial charge >= 0.3 is 0 Å². The summed E-state index contributed by atoms with van der Waals surface area (Å²) in [4.78, 5) is 12.3. The van der Waals surface area contributed by atoms with Crippen LogP contribution in [0, 0.1) is 11.3 Å². The Morgan fingerprint density at radius 1 is 1.24 bits per heavy atom. The zero-order chi connectivity index (χ0) is 15.2. The molecule has 0 spiro atoms. The van der Waals surface area contributed by atoms with Crippen molar-refractivity contribution in [2.75, 3.05) is 7.11 Å². The smallest absolute Gasteiger partial charge is 0.253 e. The van der Waals surface area contributed by atoms with Crippen molar-refractivity contribution in [1.82, 2.24) is 5.32 Å². The van der Waals surface area contributed by atoms with Crippen LogP contribution < -0.4 is 10.1 Å². The van der Waals surface area contributed by atoms with Crippen LogP contribution in [-0.4, -0.2) is 13.0 Å². The van der Waals surface area contributed by atoms with Crippen molar-refractivity contribution >= 4 is 21.8 Å². The van der Waals surface area contributed by atoms with Crippen LogP contribution in [-0.2, 0) is 0 Å². The van der Waals surface area contributed by atoms with Gasteiger partial charge in [0.1, 0.15) is 11.8 Å². The van der Waals surface area contributed by atoms with E-state index < -0.39 is 6.04 Å². The summed E-state index contributed by atoms with van der Waals surface area (Å²) in [6.45, 7) is 0. The molecule has 0 unspecified atom stereocenters. The van der Waals surface area contributed by atoms with Gasteiger partial charge in [0.2, 0.25) is 0 Å². The fraction of sp³-hybridized carbons (Fsp3) is 0.125. The molecular formula is C16H13BrN2O2. The third kappa shape index (κ3) is 3.41. The summed E-state index contributed by atoms with van der Waals surface area (Å²) < 4.78 is 5.91. The molecule has 1 atom stereocenters. The Balaban J connectivity index is 2.26. The van der Waals surface area contributed by atoms with E-state index >= 15 is 0 Å². The summed E-state index contributed by atoms with van der Waals surface area (Å²) in [5, 5.41) is 12.0. The van der Waals surface area contributed by atoms with Gasteiger partial charge in [-0.25, -0.2) is 0 Å². The number of nitriles is 1. The number of amides is 1. The Hall–Kier alpha value is -2.32. The van der Waals surface area contributed by atoms with E-state index in [-0.39, 0.29) is 5.91 Å². The molecule has 2 rings (SSSR count). The number of nitrogens with one attached hydrogen (secondary N) is 1. The van der Waals surface area contributed by atoms with E-state index in [1.54, 1.807) is 36.4 Å². The first-order valence-electron chi connectivity index (χ1n) is 6.25. The van der Waals surface area contributed by atoms with Gasteiger partial charge in [-0.15, -0.1) is 0 Å². The predicted molar refractivity (Wildman–Crippen MR) is 83.0 cm³/mol. The number of benzene rings is 2. The van der Waals surface area contributed by atoms with Gasteiger partial charge in [-0.1, -0.05) is 30.3 Å². The highest BCUT2D eigenvalue weighted by Gasteiger charge is 2.19. The van der Waals surface area contributed by atoms with E-state index in [0.29, 0.717) is 21.3 Å². The molecule has 0 bridgehead atoms. The second-order valence-corrected chi connectivity index (χ2v) is 5.11. The quantitative estimate of drug-likeness (QED) is 0.923. The number of ether oxygens (including phenoxy) is 1. The molecule has 0 radical (unpaired) electrons. The molecule has 21 heavy (non-hydrogen) atoms. The molecule has 0 aliphatic rings. The predicted octanol–water partition coefficient (Wildman–Crippen LogP) is 3.45. The fourth-order valence-corrected chi connectivity index (χ4v) is 2.40. The van der Waals surface area contributed by atoms with Gasteiger partial charge in [0.25, 0.3) is 5.91 Å². The minimum atomic E-state index is -0.777. The maximum absolute atomic E-state index is 12.3. The first kappa shape index (κ1) is 15.1. The molecule has 0 aliphatic heterocycles. The van der Waals surface area contributed by atoms with Gasteiger partial charge in [0.05, 0.1) is 18.7 Å². The molecule has 1 N–H and O–H groups in total. The van der Waals surface area contributed by atoms with Crippen LogP contribution in [0.4, 0.5) is 0 Å². The molecule has 0 saturated carbocycles. The third-order valence-corrected chi connectivity index (χ3v) is 3.66. The molecule has 106 valence electrons. The molecular weight excluding hydrogens is 332 g/mol. The molecule has 0 fully saturated rings. The molecule has 0 saturated heterocycles. The van der Waals surface area contributed by atoms with Crippen LogP contribution in [0.25, 0.3) is 0 Å². The lowest BCUT2D eigenvalue weighted by atomic mass is 10.1. The molecule has 1 amide bonds. The van der Waals surface area contributed by atoms with E-state index in [1.807, 2.05) is 12.1 Å². The lowest BCUT2D eigenvalue weighted by Crippen LogP contribution is -2.28. The number of hydrogen-bond acceptors (Lipinski definition) is 3. The molecule has 5 heteroatoms. The van der Waals surface area contributed by atoms with Crippen molar-refractivity contribution < 1.29 is 9.53 Å². The van der Waals surface area contributed by atoms with Crippen LogP contribution >= 0.6 is 15.9 Å². The Morgan fingerprint density at radius 3 is 2.57 bits per heavy atom. The normalized spacial score (nSPS) is 11.3. The second-order valence-electron chi connectivity index (χ2n) is 4.26. The monoisotopic (exact) mass is 344 g/mol. The summed E-state index contributed by atoms with van der Waals surface area (Å²) in [7, 11) is 1.53. The molecule has 2 aromatic rings. The number of hydrogen-bond donors (Lipinski definition) is 1. The van der Waals surface area contributed by atoms with Crippen LogP contribution in [0.2, 0.25) is 0 Å². The van der Waals surface area contributed by atoms with Gasteiger partial charge < -0.3 is 10.1 Å². The zero-order valence-electron chi connectivity index (χ0n) is 11.3. The van der Waals surface area contributed by atoms with Gasteiger partial charge in [-0.2, -0.15) is 5.26 Å². The molecule has 0 aromatic heterocycles. The summed E-state index contributed by atoms with van der Waals surface area (Å²) in [5.74, 6) is 0.247. The van der Waals surface area contributed by atoms with Crippen molar-refractivity contribution in [2.45, 2.75) is 6.04 Å². The standard InChI is InChI=1S/C16H13BrN2O2/c1-21-15-9-5-3-7-12(15)14(10-18)19-16(20)11-6-2-4-8-13(11)17/h2-9,14H,1H3,(H,19,20)/t14-/m1/s1. The van der Waals surface area contributed by atoms with Crippen LogP contribution in [0.15, 0.2) is 53.0 Å².